The Morgan fingerprint density at radius 1 is 0.824 bits per heavy atom. The monoisotopic (exact) mass is 244 g/mol. The van der Waals surface area contributed by atoms with Crippen molar-refractivity contribution < 1.29 is 19.1 Å². The predicted molar refractivity (Wildman–Crippen MR) is 65.6 cm³/mol. The average molecular weight is 244 g/mol. The Bertz CT molecular complexity index is 191. The molecule has 0 saturated heterocycles. The second-order valence-electron chi connectivity index (χ2n) is 3.94. The van der Waals surface area contributed by atoms with Crippen molar-refractivity contribution in [1.29, 1.82) is 0 Å². The van der Waals surface area contributed by atoms with E-state index >= 15 is 0 Å². The molecule has 0 atom stereocenters. The van der Waals surface area contributed by atoms with Crippen LogP contribution in [0.4, 0.5) is 0 Å². The molecule has 0 amide bonds. The molecule has 100 valence electrons. The summed E-state index contributed by atoms with van der Waals surface area (Å²) in [6.45, 7) is 4.71. The van der Waals surface area contributed by atoms with Gasteiger partial charge in [-0.25, -0.2) is 0 Å². The quantitative estimate of drug-likeness (QED) is 0.438. The highest BCUT2D eigenvalue weighted by Gasteiger charge is 2.02. The lowest BCUT2D eigenvalue weighted by Crippen LogP contribution is -2.05. The third-order valence-electron chi connectivity index (χ3n) is 2.30. The second-order valence-corrected chi connectivity index (χ2v) is 3.94. The maximum atomic E-state index is 11.0. The van der Waals surface area contributed by atoms with Crippen molar-refractivity contribution in [3.63, 3.8) is 0 Å². The molecule has 0 unspecified atom stereocenters. The predicted octanol–water partition coefficient (Wildman–Crippen LogP) is 2.84. The molecule has 0 radical (unpaired) electrons. The van der Waals surface area contributed by atoms with E-state index in [1.165, 1.54) is 0 Å². The number of ether oxygens (including phenoxy) is 2. The van der Waals surface area contributed by atoms with Gasteiger partial charge in [-0.15, -0.1) is 0 Å². The highest BCUT2D eigenvalue weighted by molar-refractivity contribution is 5.69. The molecular formula is C13H24O4. The Morgan fingerprint density at radius 2 is 1.47 bits per heavy atom. The minimum absolute atomic E-state index is 0.112. The van der Waals surface area contributed by atoms with Crippen LogP contribution < -0.4 is 0 Å². The van der Waals surface area contributed by atoms with Gasteiger partial charge in [0.2, 0.25) is 0 Å². The van der Waals surface area contributed by atoms with Crippen molar-refractivity contribution in [3.8, 4) is 0 Å². The van der Waals surface area contributed by atoms with Crippen molar-refractivity contribution in [2.45, 2.75) is 58.8 Å². The maximum absolute atomic E-state index is 11.0. The van der Waals surface area contributed by atoms with E-state index in [1.807, 2.05) is 13.8 Å². The van der Waals surface area contributed by atoms with Crippen LogP contribution in [0.2, 0.25) is 0 Å². The fourth-order valence-corrected chi connectivity index (χ4v) is 1.42. The summed E-state index contributed by atoms with van der Waals surface area (Å²) in [5, 5.41) is 0. The highest BCUT2D eigenvalue weighted by Crippen LogP contribution is 2.04. The van der Waals surface area contributed by atoms with Crippen molar-refractivity contribution in [2.75, 3.05) is 13.2 Å². The molecule has 0 aliphatic rings. The van der Waals surface area contributed by atoms with E-state index in [0.717, 1.165) is 32.1 Å². The van der Waals surface area contributed by atoms with Crippen LogP contribution in [0.25, 0.3) is 0 Å². The van der Waals surface area contributed by atoms with Gasteiger partial charge >= 0.3 is 11.9 Å². The number of hydrogen-bond donors (Lipinski definition) is 0. The molecule has 0 rings (SSSR count). The fourth-order valence-electron chi connectivity index (χ4n) is 1.42. The first-order valence-corrected chi connectivity index (χ1v) is 6.52. The Labute approximate surface area is 104 Å². The smallest absolute Gasteiger partial charge is 0.305 e. The molecule has 0 saturated carbocycles. The van der Waals surface area contributed by atoms with Gasteiger partial charge < -0.3 is 9.47 Å². The molecule has 0 aromatic rings. The fraction of sp³-hybridized carbons (Fsp3) is 0.846. The molecule has 0 heterocycles. The number of rotatable bonds is 10. The van der Waals surface area contributed by atoms with Gasteiger partial charge in [-0.3, -0.25) is 9.59 Å². The molecule has 17 heavy (non-hydrogen) atoms. The van der Waals surface area contributed by atoms with E-state index in [4.69, 9.17) is 9.47 Å². The maximum Gasteiger partial charge on any atom is 0.305 e. The van der Waals surface area contributed by atoms with E-state index in [0.29, 0.717) is 26.1 Å². The Balaban J connectivity index is 3.18. The van der Waals surface area contributed by atoms with E-state index in [1.54, 1.807) is 0 Å². The molecule has 4 heteroatoms. The summed E-state index contributed by atoms with van der Waals surface area (Å²) in [5.74, 6) is -0.235. The summed E-state index contributed by atoms with van der Waals surface area (Å²) < 4.78 is 9.84. The summed E-state index contributed by atoms with van der Waals surface area (Å²) in [4.78, 5) is 22.0. The van der Waals surface area contributed by atoms with E-state index in [-0.39, 0.29) is 11.9 Å². The number of hydrogen-bond acceptors (Lipinski definition) is 4. The van der Waals surface area contributed by atoms with Gasteiger partial charge in [0.15, 0.2) is 0 Å². The van der Waals surface area contributed by atoms with Crippen LogP contribution in [0.15, 0.2) is 0 Å². The zero-order chi connectivity index (χ0) is 12.9. The van der Waals surface area contributed by atoms with Crippen LogP contribution in [0.1, 0.15) is 58.8 Å². The zero-order valence-corrected chi connectivity index (χ0v) is 11.0. The van der Waals surface area contributed by atoms with Gasteiger partial charge in [0.05, 0.1) is 13.2 Å². The molecule has 0 aliphatic carbocycles. The Hall–Kier alpha value is -1.06. The molecule has 0 aromatic heterocycles. The van der Waals surface area contributed by atoms with Gasteiger partial charge in [-0.2, -0.15) is 0 Å². The molecule has 0 bridgehead atoms. The number of unbranched alkanes of at least 4 members (excludes halogenated alkanes) is 3. The first-order valence-electron chi connectivity index (χ1n) is 6.52. The van der Waals surface area contributed by atoms with Crippen LogP contribution in [-0.2, 0) is 19.1 Å². The van der Waals surface area contributed by atoms with Crippen molar-refractivity contribution in [2.24, 2.45) is 0 Å². The van der Waals surface area contributed by atoms with Gasteiger partial charge in [0.1, 0.15) is 0 Å². The summed E-state index contributed by atoms with van der Waals surface area (Å²) >= 11 is 0. The van der Waals surface area contributed by atoms with Gasteiger partial charge in [0, 0.05) is 12.8 Å². The van der Waals surface area contributed by atoms with E-state index in [9.17, 15) is 9.59 Å². The van der Waals surface area contributed by atoms with Gasteiger partial charge in [-0.1, -0.05) is 19.8 Å². The lowest BCUT2D eigenvalue weighted by atomic mass is 10.1. The second kappa shape index (κ2) is 11.4. The van der Waals surface area contributed by atoms with Crippen LogP contribution in [0, 0.1) is 0 Å². The third kappa shape index (κ3) is 11.2. The van der Waals surface area contributed by atoms with Crippen LogP contribution in [0.3, 0.4) is 0 Å². The number of esters is 2. The highest BCUT2D eigenvalue weighted by atomic mass is 16.5. The van der Waals surface area contributed by atoms with Crippen molar-refractivity contribution in [1.82, 2.24) is 0 Å². The third-order valence-corrected chi connectivity index (χ3v) is 2.30. The van der Waals surface area contributed by atoms with Crippen LogP contribution in [0.5, 0.6) is 0 Å². The Morgan fingerprint density at radius 3 is 2.12 bits per heavy atom. The molecule has 0 aliphatic heterocycles. The average Bonchev–Trinajstić information content (AvgIpc) is 2.28. The Kier molecular flexibility index (Phi) is 10.7. The van der Waals surface area contributed by atoms with Crippen LogP contribution >= 0.6 is 0 Å². The molecule has 4 nitrogen and oxygen atoms in total. The lowest BCUT2D eigenvalue weighted by molar-refractivity contribution is -0.144. The molecule has 0 spiro atoms. The zero-order valence-electron chi connectivity index (χ0n) is 11.0. The van der Waals surface area contributed by atoms with Crippen molar-refractivity contribution >= 4 is 11.9 Å². The summed E-state index contributed by atoms with van der Waals surface area (Å²) in [7, 11) is 0. The van der Waals surface area contributed by atoms with E-state index < -0.39 is 0 Å². The topological polar surface area (TPSA) is 52.6 Å². The van der Waals surface area contributed by atoms with Crippen molar-refractivity contribution in [3.05, 3.63) is 0 Å². The first kappa shape index (κ1) is 15.9. The summed E-state index contributed by atoms with van der Waals surface area (Å²) in [5.41, 5.74) is 0. The number of carbonyl (C=O) groups is 2. The molecule has 0 N–H and O–H groups in total. The molecular weight excluding hydrogens is 220 g/mol. The summed E-state index contributed by atoms with van der Waals surface area (Å²) in [6.07, 6.45) is 5.51. The first-order chi connectivity index (χ1) is 8.20. The molecule has 0 aromatic carbocycles. The lowest BCUT2D eigenvalue weighted by Gasteiger charge is -2.04. The summed E-state index contributed by atoms with van der Waals surface area (Å²) in [6, 6.07) is 0. The van der Waals surface area contributed by atoms with Crippen LogP contribution in [-0.4, -0.2) is 25.2 Å². The minimum Gasteiger partial charge on any atom is -0.466 e. The van der Waals surface area contributed by atoms with E-state index in [2.05, 4.69) is 0 Å². The van der Waals surface area contributed by atoms with Gasteiger partial charge in [0.25, 0.3) is 0 Å². The molecule has 0 fully saturated rings. The standard InChI is InChI=1S/C13H24O4/c1-3-9-12(14)17-11-8-6-5-7-10-13(15)16-4-2/h3-11H2,1-2H3. The SMILES string of the molecule is CCCC(=O)OCCCCCCC(=O)OCC. The largest absolute Gasteiger partial charge is 0.466 e. The van der Waals surface area contributed by atoms with Gasteiger partial charge in [-0.05, 0) is 26.2 Å². The minimum atomic E-state index is -0.123. The number of carbonyl (C=O) groups excluding carboxylic acids is 2. The normalized spacial score (nSPS) is 10.0.